The number of hydrogen-bond donors (Lipinski definition) is 2. The van der Waals surface area contributed by atoms with Crippen molar-refractivity contribution >= 4 is 21.5 Å². The molecule has 126 valence electrons. The number of fused-ring (bicyclic) bond motifs is 2. The van der Waals surface area contributed by atoms with Gasteiger partial charge in [0.05, 0.1) is 12.2 Å². The lowest BCUT2D eigenvalue weighted by atomic mass is 10.0. The molecular formula is C20H22O4. The number of benzene rings is 3. The van der Waals surface area contributed by atoms with Crippen LogP contribution < -0.4 is 9.47 Å². The summed E-state index contributed by atoms with van der Waals surface area (Å²) in [6, 6.07) is 16.0. The van der Waals surface area contributed by atoms with E-state index in [0.29, 0.717) is 0 Å². The lowest BCUT2D eigenvalue weighted by molar-refractivity contribution is 0.122. The fourth-order valence-corrected chi connectivity index (χ4v) is 2.57. The Bertz CT molecular complexity index is 773. The summed E-state index contributed by atoms with van der Waals surface area (Å²) in [6.07, 6.45) is -0.989. The van der Waals surface area contributed by atoms with Gasteiger partial charge in [0, 0.05) is 0 Å². The number of ether oxygens (including phenoxy) is 2. The van der Waals surface area contributed by atoms with E-state index in [9.17, 15) is 10.2 Å². The van der Waals surface area contributed by atoms with Gasteiger partial charge in [-0.1, -0.05) is 12.1 Å². The van der Waals surface area contributed by atoms with Gasteiger partial charge < -0.3 is 19.7 Å². The van der Waals surface area contributed by atoms with Crippen molar-refractivity contribution in [1.29, 1.82) is 0 Å². The van der Waals surface area contributed by atoms with Crippen LogP contribution in [0.1, 0.15) is 13.8 Å². The highest BCUT2D eigenvalue weighted by molar-refractivity contribution is 5.99. The summed E-state index contributed by atoms with van der Waals surface area (Å²) in [7, 11) is 0. The maximum absolute atomic E-state index is 9.33. The van der Waals surface area contributed by atoms with Gasteiger partial charge in [-0.25, -0.2) is 0 Å². The Labute approximate surface area is 141 Å². The fraction of sp³-hybridized carbons (Fsp3) is 0.300. The highest BCUT2D eigenvalue weighted by Gasteiger charge is 2.04. The number of aliphatic hydroxyl groups excluding tert-OH is 2. The molecule has 0 amide bonds. The zero-order chi connectivity index (χ0) is 17.1. The zero-order valence-electron chi connectivity index (χ0n) is 13.9. The van der Waals surface area contributed by atoms with Crippen LogP contribution in [0.4, 0.5) is 0 Å². The standard InChI is InChI=1S/C20H22O4/c1-13(21)11-23-19-5-3-15-7-16-4-6-20(24-12-14(2)22)10-18(16)8-17(15)9-19/h3-10,13-14,21-22H,11-12H2,1-2H3. The van der Waals surface area contributed by atoms with Crippen LogP contribution in [0.15, 0.2) is 48.5 Å². The highest BCUT2D eigenvalue weighted by Crippen LogP contribution is 2.28. The lowest BCUT2D eigenvalue weighted by Crippen LogP contribution is -2.12. The molecule has 0 heterocycles. The molecule has 4 nitrogen and oxygen atoms in total. The molecule has 3 aromatic rings. The monoisotopic (exact) mass is 326 g/mol. The molecule has 2 N–H and O–H groups in total. The van der Waals surface area contributed by atoms with Gasteiger partial charge in [-0.05, 0) is 71.8 Å². The van der Waals surface area contributed by atoms with Crippen molar-refractivity contribution in [2.24, 2.45) is 0 Å². The number of aliphatic hydroxyl groups is 2. The van der Waals surface area contributed by atoms with Gasteiger partial charge in [-0.2, -0.15) is 0 Å². The van der Waals surface area contributed by atoms with Crippen LogP contribution in [0.2, 0.25) is 0 Å². The van der Waals surface area contributed by atoms with Gasteiger partial charge >= 0.3 is 0 Å². The molecule has 4 heteroatoms. The van der Waals surface area contributed by atoms with Crippen LogP contribution in [-0.4, -0.2) is 35.6 Å². The molecule has 0 bridgehead atoms. The molecule has 2 unspecified atom stereocenters. The minimum absolute atomic E-state index is 0.274. The van der Waals surface area contributed by atoms with Gasteiger partial charge in [0.1, 0.15) is 24.7 Å². The van der Waals surface area contributed by atoms with Crippen molar-refractivity contribution in [3.63, 3.8) is 0 Å². The first-order valence-corrected chi connectivity index (χ1v) is 8.10. The molecule has 0 saturated carbocycles. The van der Waals surface area contributed by atoms with Crippen molar-refractivity contribution in [3.05, 3.63) is 48.5 Å². The van der Waals surface area contributed by atoms with Gasteiger partial charge in [-0.3, -0.25) is 0 Å². The molecule has 3 aromatic carbocycles. The minimum Gasteiger partial charge on any atom is -0.491 e. The Hall–Kier alpha value is -2.30. The minimum atomic E-state index is -0.495. The topological polar surface area (TPSA) is 58.9 Å². The molecular weight excluding hydrogens is 304 g/mol. The van der Waals surface area contributed by atoms with Crippen LogP contribution in [0.5, 0.6) is 11.5 Å². The Morgan fingerprint density at radius 1 is 0.667 bits per heavy atom. The van der Waals surface area contributed by atoms with Crippen LogP contribution in [-0.2, 0) is 0 Å². The van der Waals surface area contributed by atoms with Gasteiger partial charge in [-0.15, -0.1) is 0 Å². The van der Waals surface area contributed by atoms with Gasteiger partial charge in [0.2, 0.25) is 0 Å². The quantitative estimate of drug-likeness (QED) is 0.681. The van der Waals surface area contributed by atoms with E-state index in [1.165, 1.54) is 0 Å². The molecule has 0 aliphatic carbocycles. The predicted molar refractivity (Wildman–Crippen MR) is 95.8 cm³/mol. The summed E-state index contributed by atoms with van der Waals surface area (Å²) in [5, 5.41) is 23.1. The van der Waals surface area contributed by atoms with E-state index in [4.69, 9.17) is 9.47 Å². The van der Waals surface area contributed by atoms with E-state index in [0.717, 1.165) is 33.0 Å². The Balaban J connectivity index is 1.92. The summed E-state index contributed by atoms with van der Waals surface area (Å²) in [6.45, 7) is 3.94. The largest absolute Gasteiger partial charge is 0.491 e. The van der Waals surface area contributed by atoms with E-state index in [-0.39, 0.29) is 13.2 Å². The second kappa shape index (κ2) is 7.07. The second-order valence-electron chi connectivity index (χ2n) is 6.19. The second-order valence-corrected chi connectivity index (χ2v) is 6.19. The molecule has 24 heavy (non-hydrogen) atoms. The first-order chi connectivity index (χ1) is 11.5. The maximum Gasteiger partial charge on any atom is 0.120 e. The van der Waals surface area contributed by atoms with E-state index in [1.54, 1.807) is 13.8 Å². The summed E-state index contributed by atoms with van der Waals surface area (Å²) >= 11 is 0. The Morgan fingerprint density at radius 3 is 1.50 bits per heavy atom. The third-order valence-corrected chi connectivity index (χ3v) is 3.72. The maximum atomic E-state index is 9.33. The van der Waals surface area contributed by atoms with Crippen molar-refractivity contribution in [2.75, 3.05) is 13.2 Å². The molecule has 0 saturated heterocycles. The van der Waals surface area contributed by atoms with Gasteiger partial charge in [0.15, 0.2) is 0 Å². The molecule has 0 aliphatic rings. The third-order valence-electron chi connectivity index (χ3n) is 3.72. The van der Waals surface area contributed by atoms with Crippen molar-refractivity contribution in [3.8, 4) is 11.5 Å². The van der Waals surface area contributed by atoms with E-state index < -0.39 is 12.2 Å². The number of rotatable bonds is 6. The normalized spacial score (nSPS) is 13.8. The Kier molecular flexibility index (Phi) is 4.88. The highest BCUT2D eigenvalue weighted by atomic mass is 16.5. The average Bonchev–Trinajstić information content (AvgIpc) is 2.55. The predicted octanol–water partition coefficient (Wildman–Crippen LogP) is 3.51. The van der Waals surface area contributed by atoms with Crippen LogP contribution in [0.3, 0.4) is 0 Å². The van der Waals surface area contributed by atoms with E-state index in [2.05, 4.69) is 12.1 Å². The molecule has 0 aromatic heterocycles. The third kappa shape index (κ3) is 3.96. The molecule has 3 rings (SSSR count). The van der Waals surface area contributed by atoms with Crippen molar-refractivity contribution in [1.82, 2.24) is 0 Å². The Morgan fingerprint density at radius 2 is 1.08 bits per heavy atom. The lowest BCUT2D eigenvalue weighted by Gasteiger charge is -2.11. The molecule has 0 radical (unpaired) electrons. The van der Waals surface area contributed by atoms with Crippen LogP contribution in [0, 0.1) is 0 Å². The zero-order valence-corrected chi connectivity index (χ0v) is 13.9. The van der Waals surface area contributed by atoms with Gasteiger partial charge in [0.25, 0.3) is 0 Å². The fourth-order valence-electron chi connectivity index (χ4n) is 2.57. The van der Waals surface area contributed by atoms with Crippen molar-refractivity contribution in [2.45, 2.75) is 26.1 Å². The smallest absolute Gasteiger partial charge is 0.120 e. The van der Waals surface area contributed by atoms with E-state index in [1.807, 2.05) is 36.4 Å². The average molecular weight is 326 g/mol. The number of hydrogen-bond acceptors (Lipinski definition) is 4. The van der Waals surface area contributed by atoms with Crippen molar-refractivity contribution < 1.29 is 19.7 Å². The summed E-state index contributed by atoms with van der Waals surface area (Å²) in [5.41, 5.74) is 0. The molecule has 0 spiro atoms. The summed E-state index contributed by atoms with van der Waals surface area (Å²) in [4.78, 5) is 0. The SMILES string of the molecule is CC(O)COc1ccc2cc3ccc(OCC(C)O)cc3cc2c1. The van der Waals surface area contributed by atoms with Crippen LogP contribution in [0.25, 0.3) is 21.5 Å². The molecule has 0 aliphatic heterocycles. The first kappa shape index (κ1) is 16.6. The van der Waals surface area contributed by atoms with Crippen LogP contribution >= 0.6 is 0 Å². The molecule has 2 atom stereocenters. The van der Waals surface area contributed by atoms with E-state index >= 15 is 0 Å². The summed E-state index contributed by atoms with van der Waals surface area (Å²) < 4.78 is 11.1. The molecule has 0 fully saturated rings. The summed E-state index contributed by atoms with van der Waals surface area (Å²) in [5.74, 6) is 1.48. The first-order valence-electron chi connectivity index (χ1n) is 8.10.